The van der Waals surface area contributed by atoms with Crippen LogP contribution in [0.25, 0.3) is 0 Å². The summed E-state index contributed by atoms with van der Waals surface area (Å²) in [6, 6.07) is 4.59. The first-order valence-corrected chi connectivity index (χ1v) is 8.00. The Balaban J connectivity index is 2.14. The quantitative estimate of drug-likeness (QED) is 0.893. The van der Waals surface area contributed by atoms with Gasteiger partial charge in [-0.2, -0.15) is 0 Å². The third kappa shape index (κ3) is 3.78. The Bertz CT molecular complexity index is 389. The summed E-state index contributed by atoms with van der Waals surface area (Å²) in [5, 5.41) is 13.2. The minimum absolute atomic E-state index is 0.168. The minimum Gasteiger partial charge on any atom is -0.394 e. The van der Waals surface area contributed by atoms with Gasteiger partial charge in [-0.1, -0.05) is 20.8 Å². The van der Waals surface area contributed by atoms with E-state index in [4.69, 9.17) is 0 Å². The first kappa shape index (κ1) is 15.0. The maximum atomic E-state index is 9.78. The molecule has 1 aromatic heterocycles. The molecule has 19 heavy (non-hydrogen) atoms. The van der Waals surface area contributed by atoms with Gasteiger partial charge in [0.1, 0.15) is 0 Å². The summed E-state index contributed by atoms with van der Waals surface area (Å²) in [5.74, 6) is 0. The van der Waals surface area contributed by atoms with E-state index in [1.165, 1.54) is 9.75 Å². The highest BCUT2D eigenvalue weighted by Gasteiger charge is 2.24. The van der Waals surface area contributed by atoms with E-state index >= 15 is 0 Å². The number of nitrogens with one attached hydrogen (secondary N) is 1. The van der Waals surface area contributed by atoms with E-state index < -0.39 is 0 Å². The zero-order valence-electron chi connectivity index (χ0n) is 12.3. The number of aliphatic hydroxyl groups excluding tert-OH is 1. The predicted octanol–water partition coefficient (Wildman–Crippen LogP) is 2.37. The van der Waals surface area contributed by atoms with Gasteiger partial charge in [-0.25, -0.2) is 0 Å². The van der Waals surface area contributed by atoms with Crippen LogP contribution in [0.5, 0.6) is 0 Å². The zero-order chi connectivity index (χ0) is 13.9. The lowest BCUT2D eigenvalue weighted by Gasteiger charge is -2.28. The van der Waals surface area contributed by atoms with Crippen molar-refractivity contribution in [1.82, 2.24) is 10.2 Å². The lowest BCUT2D eigenvalue weighted by Crippen LogP contribution is -2.33. The zero-order valence-corrected chi connectivity index (χ0v) is 13.1. The monoisotopic (exact) mass is 282 g/mol. The van der Waals surface area contributed by atoms with Crippen LogP contribution >= 0.6 is 11.3 Å². The number of rotatable bonds is 3. The van der Waals surface area contributed by atoms with Crippen LogP contribution in [0.4, 0.5) is 0 Å². The number of aliphatic hydroxyl groups is 1. The fourth-order valence-corrected chi connectivity index (χ4v) is 3.69. The summed E-state index contributed by atoms with van der Waals surface area (Å²) in [4.78, 5) is 5.11. The molecule has 0 saturated carbocycles. The molecular formula is C15H26N2OS. The van der Waals surface area contributed by atoms with Crippen molar-refractivity contribution in [1.29, 1.82) is 0 Å². The Hall–Kier alpha value is -0.420. The molecule has 1 aromatic rings. The van der Waals surface area contributed by atoms with Crippen molar-refractivity contribution in [2.75, 3.05) is 32.8 Å². The van der Waals surface area contributed by atoms with E-state index in [-0.39, 0.29) is 18.1 Å². The minimum atomic E-state index is 0.168. The molecular weight excluding hydrogens is 256 g/mol. The van der Waals surface area contributed by atoms with Crippen LogP contribution in [-0.2, 0) is 5.41 Å². The van der Waals surface area contributed by atoms with E-state index in [1.807, 2.05) is 11.3 Å². The van der Waals surface area contributed by atoms with E-state index in [2.05, 4.69) is 43.1 Å². The smallest absolute Gasteiger partial charge is 0.0675 e. The van der Waals surface area contributed by atoms with Crippen molar-refractivity contribution in [2.45, 2.75) is 38.6 Å². The first-order chi connectivity index (χ1) is 9.02. The Labute approximate surface area is 120 Å². The second-order valence-corrected chi connectivity index (χ2v) is 7.41. The molecule has 2 rings (SSSR count). The molecule has 3 nitrogen and oxygen atoms in total. The summed E-state index contributed by atoms with van der Waals surface area (Å²) >= 11 is 1.85. The van der Waals surface area contributed by atoms with Crippen molar-refractivity contribution in [3.05, 3.63) is 21.9 Å². The standard InChI is InChI=1S/C15H26N2OS/c1-15(2,3)14-6-5-13(19-14)12(11-18)17-9-4-7-16-8-10-17/h5-6,12,16,18H,4,7-11H2,1-3H3. The van der Waals surface area contributed by atoms with Crippen molar-refractivity contribution >= 4 is 11.3 Å². The predicted molar refractivity (Wildman–Crippen MR) is 81.9 cm³/mol. The largest absolute Gasteiger partial charge is 0.394 e. The van der Waals surface area contributed by atoms with Crippen molar-refractivity contribution in [3.63, 3.8) is 0 Å². The van der Waals surface area contributed by atoms with Crippen molar-refractivity contribution < 1.29 is 5.11 Å². The van der Waals surface area contributed by atoms with Crippen LogP contribution in [0, 0.1) is 0 Å². The molecule has 1 aliphatic heterocycles. The van der Waals surface area contributed by atoms with Gasteiger partial charge in [-0.15, -0.1) is 11.3 Å². The number of hydrogen-bond donors (Lipinski definition) is 2. The van der Waals surface area contributed by atoms with E-state index in [0.29, 0.717) is 0 Å². The first-order valence-electron chi connectivity index (χ1n) is 7.18. The van der Waals surface area contributed by atoms with Gasteiger partial charge in [0, 0.05) is 29.4 Å². The van der Waals surface area contributed by atoms with Crippen LogP contribution in [0.1, 0.15) is 43.0 Å². The lowest BCUT2D eigenvalue weighted by atomic mass is 9.95. The van der Waals surface area contributed by atoms with Gasteiger partial charge < -0.3 is 10.4 Å². The molecule has 0 spiro atoms. The highest BCUT2D eigenvalue weighted by Crippen LogP contribution is 2.34. The molecule has 0 bridgehead atoms. The fraction of sp³-hybridized carbons (Fsp3) is 0.733. The van der Waals surface area contributed by atoms with Crippen LogP contribution < -0.4 is 5.32 Å². The SMILES string of the molecule is CC(C)(C)c1ccc(C(CO)N2CCCNCC2)s1. The van der Waals surface area contributed by atoms with Gasteiger partial charge in [0.25, 0.3) is 0 Å². The molecule has 2 heterocycles. The van der Waals surface area contributed by atoms with Gasteiger partial charge in [-0.3, -0.25) is 4.90 Å². The van der Waals surface area contributed by atoms with E-state index in [0.717, 1.165) is 32.6 Å². The Morgan fingerprint density at radius 1 is 1.32 bits per heavy atom. The molecule has 1 saturated heterocycles. The highest BCUT2D eigenvalue weighted by molar-refractivity contribution is 7.12. The Morgan fingerprint density at radius 3 is 2.74 bits per heavy atom. The van der Waals surface area contributed by atoms with Crippen molar-refractivity contribution in [3.8, 4) is 0 Å². The van der Waals surface area contributed by atoms with E-state index in [9.17, 15) is 5.11 Å². The molecule has 4 heteroatoms. The topological polar surface area (TPSA) is 35.5 Å². The highest BCUT2D eigenvalue weighted by atomic mass is 32.1. The summed E-state index contributed by atoms with van der Waals surface area (Å²) in [5.41, 5.74) is 0.198. The van der Waals surface area contributed by atoms with Crippen LogP contribution in [0.3, 0.4) is 0 Å². The fourth-order valence-electron chi connectivity index (χ4n) is 2.50. The number of nitrogens with zero attached hydrogens (tertiary/aromatic N) is 1. The van der Waals surface area contributed by atoms with Gasteiger partial charge >= 0.3 is 0 Å². The lowest BCUT2D eigenvalue weighted by molar-refractivity contribution is 0.132. The third-order valence-electron chi connectivity index (χ3n) is 3.68. The second-order valence-electron chi connectivity index (χ2n) is 6.29. The van der Waals surface area contributed by atoms with Gasteiger partial charge in [-0.05, 0) is 30.5 Å². The second kappa shape index (κ2) is 6.35. The number of hydrogen-bond acceptors (Lipinski definition) is 4. The third-order valence-corrected chi connectivity index (χ3v) is 5.30. The average molecular weight is 282 g/mol. The van der Waals surface area contributed by atoms with Gasteiger partial charge in [0.15, 0.2) is 0 Å². The summed E-state index contributed by atoms with van der Waals surface area (Å²) in [6.07, 6.45) is 1.16. The van der Waals surface area contributed by atoms with E-state index in [1.54, 1.807) is 0 Å². The number of thiophene rings is 1. The van der Waals surface area contributed by atoms with Crippen LogP contribution in [-0.4, -0.2) is 42.8 Å². The Kier molecular flexibility index (Phi) is 5.01. The molecule has 0 aromatic carbocycles. The van der Waals surface area contributed by atoms with Crippen molar-refractivity contribution in [2.24, 2.45) is 0 Å². The molecule has 2 N–H and O–H groups in total. The van der Waals surface area contributed by atoms with Crippen LogP contribution in [0.15, 0.2) is 12.1 Å². The molecule has 0 amide bonds. The molecule has 1 unspecified atom stereocenters. The normalized spacial score (nSPS) is 20.2. The van der Waals surface area contributed by atoms with Gasteiger partial charge in [0.2, 0.25) is 0 Å². The average Bonchev–Trinajstić information content (AvgIpc) is 2.68. The molecule has 1 atom stereocenters. The molecule has 1 fully saturated rings. The Morgan fingerprint density at radius 2 is 2.11 bits per heavy atom. The molecule has 0 radical (unpaired) electrons. The summed E-state index contributed by atoms with van der Waals surface area (Å²) in [7, 11) is 0. The maximum Gasteiger partial charge on any atom is 0.0675 e. The van der Waals surface area contributed by atoms with Crippen LogP contribution in [0.2, 0.25) is 0 Å². The molecule has 1 aliphatic rings. The summed E-state index contributed by atoms with van der Waals surface area (Å²) in [6.45, 7) is 11.1. The summed E-state index contributed by atoms with van der Waals surface area (Å²) < 4.78 is 0. The molecule has 108 valence electrons. The molecule has 0 aliphatic carbocycles. The van der Waals surface area contributed by atoms with Gasteiger partial charge in [0.05, 0.1) is 12.6 Å². The maximum absolute atomic E-state index is 9.78.